The number of pyridine rings is 1. The third-order valence-electron chi connectivity index (χ3n) is 4.91. The van der Waals surface area contributed by atoms with E-state index in [1.165, 1.54) is 17.9 Å². The van der Waals surface area contributed by atoms with Crippen molar-refractivity contribution in [2.75, 3.05) is 18.7 Å². The standard InChI is InChI=1S/C21H29N3O6/c1-13-7-8-15(19(27)29-6)18(26)24(13)23-10-9-14(12-17(25)22-5)11-16(23)20(28)30-21(2,3)4/h7-8,14,16H,5,9-12H2,1-4,6H3. The molecular weight excluding hydrogens is 390 g/mol. The Hall–Kier alpha value is -2.97. The molecule has 1 amide bonds. The van der Waals surface area contributed by atoms with E-state index in [0.717, 1.165) is 0 Å². The lowest BCUT2D eigenvalue weighted by molar-refractivity contribution is -0.158. The summed E-state index contributed by atoms with van der Waals surface area (Å²) in [5, 5.41) is 1.61. The van der Waals surface area contributed by atoms with Crippen molar-refractivity contribution in [2.45, 2.75) is 58.6 Å². The van der Waals surface area contributed by atoms with Crippen molar-refractivity contribution in [1.29, 1.82) is 0 Å². The van der Waals surface area contributed by atoms with Crippen molar-refractivity contribution in [1.82, 2.24) is 4.68 Å². The minimum Gasteiger partial charge on any atom is -0.465 e. The molecule has 0 N–H and O–H groups in total. The quantitative estimate of drug-likeness (QED) is 0.527. The molecule has 0 aromatic carbocycles. The van der Waals surface area contributed by atoms with Gasteiger partial charge < -0.3 is 9.47 Å². The van der Waals surface area contributed by atoms with Gasteiger partial charge in [-0.15, -0.1) is 0 Å². The van der Waals surface area contributed by atoms with E-state index in [2.05, 4.69) is 11.7 Å². The predicted molar refractivity (Wildman–Crippen MR) is 111 cm³/mol. The van der Waals surface area contributed by atoms with E-state index >= 15 is 0 Å². The molecule has 164 valence electrons. The van der Waals surface area contributed by atoms with Gasteiger partial charge in [-0.25, -0.2) is 19.3 Å². The molecule has 2 atom stereocenters. The summed E-state index contributed by atoms with van der Waals surface area (Å²) in [5.41, 5.74) is -0.859. The Morgan fingerprint density at radius 2 is 1.93 bits per heavy atom. The maximum atomic E-state index is 13.0. The number of esters is 2. The van der Waals surface area contributed by atoms with Crippen LogP contribution in [0.5, 0.6) is 0 Å². The molecule has 0 spiro atoms. The Balaban J connectivity index is 2.47. The Kier molecular flexibility index (Phi) is 7.17. The molecule has 0 bridgehead atoms. The van der Waals surface area contributed by atoms with Crippen LogP contribution in [0.15, 0.2) is 21.9 Å². The average molecular weight is 419 g/mol. The number of aromatic nitrogens is 1. The van der Waals surface area contributed by atoms with Gasteiger partial charge in [0.05, 0.1) is 7.11 Å². The number of amides is 1. The fourth-order valence-electron chi connectivity index (χ4n) is 3.55. The highest BCUT2D eigenvalue weighted by atomic mass is 16.6. The first-order chi connectivity index (χ1) is 14.0. The first kappa shape index (κ1) is 23.3. The molecule has 0 saturated carbocycles. The van der Waals surface area contributed by atoms with Crippen molar-refractivity contribution in [3.63, 3.8) is 0 Å². The smallest absolute Gasteiger partial charge is 0.343 e. The van der Waals surface area contributed by atoms with Crippen LogP contribution in [0.3, 0.4) is 0 Å². The normalized spacial score (nSPS) is 19.2. The molecule has 1 aromatic rings. The van der Waals surface area contributed by atoms with Crippen LogP contribution in [-0.2, 0) is 19.1 Å². The van der Waals surface area contributed by atoms with Crippen LogP contribution in [-0.4, -0.2) is 54.5 Å². The van der Waals surface area contributed by atoms with E-state index in [0.29, 0.717) is 25.1 Å². The molecule has 0 radical (unpaired) electrons. The van der Waals surface area contributed by atoms with E-state index in [1.807, 2.05) is 0 Å². The number of aryl methyl sites for hydroxylation is 1. The van der Waals surface area contributed by atoms with Gasteiger partial charge in [0.15, 0.2) is 0 Å². The van der Waals surface area contributed by atoms with Gasteiger partial charge in [0, 0.05) is 18.7 Å². The van der Waals surface area contributed by atoms with Crippen LogP contribution in [0, 0.1) is 12.8 Å². The Morgan fingerprint density at radius 1 is 1.27 bits per heavy atom. The third-order valence-corrected chi connectivity index (χ3v) is 4.91. The highest BCUT2D eigenvalue weighted by Gasteiger charge is 2.38. The fraction of sp³-hybridized carbons (Fsp3) is 0.571. The van der Waals surface area contributed by atoms with E-state index in [-0.39, 0.29) is 23.8 Å². The number of rotatable bonds is 5. The Bertz CT molecular complexity index is 899. The van der Waals surface area contributed by atoms with Crippen molar-refractivity contribution < 1.29 is 23.9 Å². The van der Waals surface area contributed by atoms with E-state index in [4.69, 9.17) is 9.47 Å². The third kappa shape index (κ3) is 5.34. The number of methoxy groups -OCH3 is 1. The maximum Gasteiger partial charge on any atom is 0.343 e. The molecule has 9 nitrogen and oxygen atoms in total. The summed E-state index contributed by atoms with van der Waals surface area (Å²) in [5.74, 6) is -1.69. The topological polar surface area (TPSA) is 107 Å². The molecule has 30 heavy (non-hydrogen) atoms. The summed E-state index contributed by atoms with van der Waals surface area (Å²) in [4.78, 5) is 53.2. The lowest BCUT2D eigenvalue weighted by Gasteiger charge is -2.41. The van der Waals surface area contributed by atoms with Crippen molar-refractivity contribution >= 4 is 24.6 Å². The van der Waals surface area contributed by atoms with Gasteiger partial charge in [-0.1, -0.05) is 0 Å². The minimum absolute atomic E-state index is 0.100. The average Bonchev–Trinajstić information content (AvgIpc) is 2.66. The van der Waals surface area contributed by atoms with Gasteiger partial charge in [-0.3, -0.25) is 14.6 Å². The second-order valence-corrected chi connectivity index (χ2v) is 8.36. The number of carbonyl (C=O) groups is 3. The first-order valence-electron chi connectivity index (χ1n) is 9.78. The minimum atomic E-state index is -0.801. The summed E-state index contributed by atoms with van der Waals surface area (Å²) >= 11 is 0. The molecule has 1 saturated heterocycles. The maximum absolute atomic E-state index is 13.0. The van der Waals surface area contributed by atoms with Gasteiger partial charge in [0.2, 0.25) is 5.91 Å². The highest BCUT2D eigenvalue weighted by Crippen LogP contribution is 2.27. The second kappa shape index (κ2) is 9.23. The Morgan fingerprint density at radius 3 is 2.50 bits per heavy atom. The van der Waals surface area contributed by atoms with Gasteiger partial charge in [-0.05, 0) is 65.3 Å². The largest absolute Gasteiger partial charge is 0.465 e. The zero-order chi connectivity index (χ0) is 22.6. The number of carbonyl (C=O) groups excluding carboxylic acids is 3. The molecular formula is C21H29N3O6. The summed E-state index contributed by atoms with van der Waals surface area (Å²) < 4.78 is 11.6. The van der Waals surface area contributed by atoms with Gasteiger partial charge in [0.1, 0.15) is 17.2 Å². The van der Waals surface area contributed by atoms with Crippen LogP contribution < -0.4 is 10.6 Å². The molecule has 2 rings (SSSR count). The SMILES string of the molecule is C=NC(=O)CC1CCN(n2c(C)ccc(C(=O)OC)c2=O)C(C(=O)OC(C)(C)C)C1. The Labute approximate surface area is 175 Å². The zero-order valence-electron chi connectivity index (χ0n) is 18.1. The van der Waals surface area contributed by atoms with Crippen molar-refractivity contribution in [3.05, 3.63) is 33.7 Å². The van der Waals surface area contributed by atoms with Crippen LogP contribution in [0.1, 0.15) is 56.1 Å². The second-order valence-electron chi connectivity index (χ2n) is 8.36. The molecule has 1 aliphatic heterocycles. The van der Waals surface area contributed by atoms with Gasteiger partial charge >= 0.3 is 11.9 Å². The summed E-state index contributed by atoms with van der Waals surface area (Å²) in [6, 6.07) is 2.23. The molecule has 2 unspecified atom stereocenters. The van der Waals surface area contributed by atoms with Crippen LogP contribution in [0.4, 0.5) is 0 Å². The molecule has 9 heteroatoms. The zero-order valence-corrected chi connectivity index (χ0v) is 18.1. The van der Waals surface area contributed by atoms with Crippen molar-refractivity contribution in [2.24, 2.45) is 10.9 Å². The number of piperidine rings is 1. The molecule has 1 aromatic heterocycles. The molecule has 2 heterocycles. The van der Waals surface area contributed by atoms with Gasteiger partial charge in [0.25, 0.3) is 5.56 Å². The van der Waals surface area contributed by atoms with Gasteiger partial charge in [-0.2, -0.15) is 0 Å². The number of ether oxygens (including phenoxy) is 2. The van der Waals surface area contributed by atoms with E-state index < -0.39 is 29.1 Å². The highest BCUT2D eigenvalue weighted by molar-refractivity contribution is 5.89. The first-order valence-corrected chi connectivity index (χ1v) is 9.78. The van der Waals surface area contributed by atoms with E-state index in [9.17, 15) is 19.2 Å². The number of hydrogen-bond acceptors (Lipinski definition) is 7. The van der Waals surface area contributed by atoms with Crippen LogP contribution >= 0.6 is 0 Å². The summed E-state index contributed by atoms with van der Waals surface area (Å²) in [6.07, 6.45) is 1.05. The van der Waals surface area contributed by atoms with Crippen molar-refractivity contribution in [3.8, 4) is 0 Å². The lowest BCUT2D eigenvalue weighted by atomic mass is 9.88. The van der Waals surface area contributed by atoms with Crippen LogP contribution in [0.25, 0.3) is 0 Å². The summed E-state index contributed by atoms with van der Waals surface area (Å²) in [6.45, 7) is 10.6. The molecule has 0 aliphatic carbocycles. The lowest BCUT2D eigenvalue weighted by Crippen LogP contribution is -2.58. The predicted octanol–water partition coefficient (Wildman–Crippen LogP) is 1.62. The number of hydrogen-bond donors (Lipinski definition) is 0. The monoisotopic (exact) mass is 419 g/mol. The molecule has 1 fully saturated rings. The molecule has 1 aliphatic rings. The summed E-state index contributed by atoms with van der Waals surface area (Å²) in [7, 11) is 1.20. The number of nitrogens with zero attached hydrogens (tertiary/aromatic N) is 3. The number of aliphatic imine (C=N–C) groups is 1. The van der Waals surface area contributed by atoms with Crippen LogP contribution in [0.2, 0.25) is 0 Å². The fourth-order valence-corrected chi connectivity index (χ4v) is 3.55. The van der Waals surface area contributed by atoms with E-state index in [1.54, 1.807) is 38.8 Å².